The molecule has 10 heteroatoms. The first-order chi connectivity index (χ1) is 13.9. The van der Waals surface area contributed by atoms with E-state index >= 15 is 0 Å². The van der Waals surface area contributed by atoms with Gasteiger partial charge in [-0.1, -0.05) is 46.4 Å². The van der Waals surface area contributed by atoms with Crippen LogP contribution in [0.4, 0.5) is 0 Å². The number of piperazine rings is 1. The van der Waals surface area contributed by atoms with Crippen molar-refractivity contribution in [2.75, 3.05) is 26.2 Å². The standard InChI is InChI=1S/C19H17ClN4O3S2/c20-18-22-15-14(29-18)21-13(28-15)11-1-3-12(4-2-11)16(25)23-7-9-24(10-8-23)17(26)19(27)5-6-19/h1-4,27H,5-10H2. The number of hydrogen-bond acceptors (Lipinski definition) is 7. The van der Waals surface area contributed by atoms with Crippen LogP contribution >= 0.6 is 34.3 Å². The van der Waals surface area contributed by atoms with Crippen molar-refractivity contribution in [2.24, 2.45) is 0 Å². The highest BCUT2D eigenvalue weighted by Gasteiger charge is 2.50. The highest BCUT2D eigenvalue weighted by molar-refractivity contribution is 7.29. The van der Waals surface area contributed by atoms with E-state index in [0.717, 1.165) is 20.2 Å². The molecule has 1 N–H and O–H groups in total. The van der Waals surface area contributed by atoms with Crippen LogP contribution in [-0.4, -0.2) is 68.5 Å². The summed E-state index contributed by atoms with van der Waals surface area (Å²) >= 11 is 8.73. The minimum atomic E-state index is -1.15. The van der Waals surface area contributed by atoms with E-state index in [9.17, 15) is 14.7 Å². The third kappa shape index (κ3) is 3.52. The van der Waals surface area contributed by atoms with Crippen molar-refractivity contribution in [3.05, 3.63) is 34.3 Å². The molecule has 0 unspecified atom stereocenters. The summed E-state index contributed by atoms with van der Waals surface area (Å²) in [4.78, 5) is 38.9. The topological polar surface area (TPSA) is 86.6 Å². The number of carbonyl (C=O) groups is 2. The first kappa shape index (κ1) is 18.9. The van der Waals surface area contributed by atoms with E-state index in [2.05, 4.69) is 9.97 Å². The van der Waals surface area contributed by atoms with E-state index in [1.165, 1.54) is 22.7 Å². The number of carbonyl (C=O) groups excluding carboxylic acids is 2. The molecule has 1 saturated carbocycles. The summed E-state index contributed by atoms with van der Waals surface area (Å²) in [5.74, 6) is -0.254. The summed E-state index contributed by atoms with van der Waals surface area (Å²) in [6.45, 7) is 1.85. The Morgan fingerprint density at radius 1 is 0.966 bits per heavy atom. The third-order valence-electron chi connectivity index (χ3n) is 5.30. The number of nitrogens with zero attached hydrogens (tertiary/aromatic N) is 4. The van der Waals surface area contributed by atoms with E-state index in [1.54, 1.807) is 21.9 Å². The number of thiazole rings is 2. The SMILES string of the molecule is O=C(c1ccc(-c2nc3sc(Cl)nc3s2)cc1)N1CCN(C(=O)C2(O)CC2)CC1. The maximum atomic E-state index is 12.8. The van der Waals surface area contributed by atoms with Crippen LogP contribution in [-0.2, 0) is 4.79 Å². The second kappa shape index (κ2) is 7.02. The number of rotatable bonds is 3. The fraction of sp³-hybridized carbons (Fsp3) is 0.368. The number of halogens is 1. The Hall–Kier alpha value is -2.07. The molecule has 29 heavy (non-hydrogen) atoms. The van der Waals surface area contributed by atoms with Crippen LogP contribution in [0.25, 0.3) is 20.2 Å². The average Bonchev–Trinajstić information content (AvgIpc) is 3.22. The van der Waals surface area contributed by atoms with Gasteiger partial charge in [0.05, 0.1) is 0 Å². The lowest BCUT2D eigenvalue weighted by molar-refractivity contribution is -0.143. The highest BCUT2D eigenvalue weighted by Crippen LogP contribution is 2.37. The molecule has 0 bridgehead atoms. The molecule has 1 saturated heterocycles. The van der Waals surface area contributed by atoms with Gasteiger partial charge in [-0.3, -0.25) is 9.59 Å². The van der Waals surface area contributed by atoms with Crippen LogP contribution < -0.4 is 0 Å². The van der Waals surface area contributed by atoms with Gasteiger partial charge in [0.25, 0.3) is 11.8 Å². The quantitative estimate of drug-likeness (QED) is 0.665. The predicted molar refractivity (Wildman–Crippen MR) is 112 cm³/mol. The summed E-state index contributed by atoms with van der Waals surface area (Å²) in [6, 6.07) is 7.38. The zero-order valence-corrected chi connectivity index (χ0v) is 17.7. The molecule has 7 nitrogen and oxygen atoms in total. The Morgan fingerprint density at radius 3 is 2.21 bits per heavy atom. The number of hydrogen-bond donors (Lipinski definition) is 1. The van der Waals surface area contributed by atoms with Gasteiger partial charge >= 0.3 is 0 Å². The summed E-state index contributed by atoms with van der Waals surface area (Å²) in [5.41, 5.74) is 0.391. The molecule has 3 aromatic rings. The van der Waals surface area contributed by atoms with Crippen LogP contribution in [0.2, 0.25) is 4.47 Å². The molecule has 2 amide bonds. The second-order valence-electron chi connectivity index (χ2n) is 7.29. The molecule has 2 aromatic heterocycles. The monoisotopic (exact) mass is 448 g/mol. The third-order valence-corrected chi connectivity index (χ3v) is 7.49. The van der Waals surface area contributed by atoms with Crippen LogP contribution in [0.1, 0.15) is 23.2 Å². The normalized spacial score (nSPS) is 18.3. The maximum absolute atomic E-state index is 12.8. The Kier molecular flexibility index (Phi) is 4.58. The van der Waals surface area contributed by atoms with Gasteiger partial charge in [0.1, 0.15) is 10.6 Å². The molecule has 1 aliphatic carbocycles. The smallest absolute Gasteiger partial charge is 0.254 e. The zero-order chi connectivity index (χ0) is 20.2. The summed E-state index contributed by atoms with van der Waals surface area (Å²) < 4.78 is 0.485. The zero-order valence-electron chi connectivity index (χ0n) is 15.3. The summed E-state index contributed by atoms with van der Waals surface area (Å²) in [6.07, 6.45) is 1.08. The summed E-state index contributed by atoms with van der Waals surface area (Å²) in [5, 5.41) is 10.8. The van der Waals surface area contributed by atoms with Crippen molar-refractivity contribution in [2.45, 2.75) is 18.4 Å². The van der Waals surface area contributed by atoms with Crippen molar-refractivity contribution in [3.63, 3.8) is 0 Å². The molecule has 150 valence electrons. The molecule has 2 fully saturated rings. The van der Waals surface area contributed by atoms with E-state index < -0.39 is 5.60 Å². The van der Waals surface area contributed by atoms with Crippen molar-refractivity contribution in [1.82, 2.24) is 19.8 Å². The molecule has 0 spiro atoms. The van der Waals surface area contributed by atoms with Gasteiger partial charge in [0.2, 0.25) is 0 Å². The molecule has 0 atom stereocenters. The van der Waals surface area contributed by atoms with E-state index in [4.69, 9.17) is 11.6 Å². The number of fused-ring (bicyclic) bond motifs is 1. The Labute approximate surface area is 179 Å². The Bertz CT molecular complexity index is 1070. The number of benzene rings is 1. The van der Waals surface area contributed by atoms with Crippen LogP contribution in [0, 0.1) is 0 Å². The summed E-state index contributed by atoms with van der Waals surface area (Å²) in [7, 11) is 0. The Balaban J connectivity index is 1.24. The van der Waals surface area contributed by atoms with Crippen molar-refractivity contribution >= 4 is 55.7 Å². The first-order valence-corrected chi connectivity index (χ1v) is 11.3. The van der Waals surface area contributed by atoms with Crippen molar-refractivity contribution in [3.8, 4) is 10.6 Å². The molecule has 1 aliphatic heterocycles. The second-order valence-corrected chi connectivity index (χ2v) is 9.83. The minimum absolute atomic E-state index is 0.0534. The lowest BCUT2D eigenvalue weighted by Gasteiger charge is -2.35. The van der Waals surface area contributed by atoms with Gasteiger partial charge < -0.3 is 14.9 Å². The van der Waals surface area contributed by atoms with Gasteiger partial charge in [0.15, 0.2) is 14.1 Å². The maximum Gasteiger partial charge on any atom is 0.254 e. The van der Waals surface area contributed by atoms with Gasteiger partial charge in [-0.25, -0.2) is 9.97 Å². The largest absolute Gasteiger partial charge is 0.380 e. The van der Waals surface area contributed by atoms with Gasteiger partial charge in [-0.2, -0.15) is 0 Å². The van der Waals surface area contributed by atoms with E-state index in [-0.39, 0.29) is 11.8 Å². The predicted octanol–water partition coefficient (Wildman–Crippen LogP) is 2.88. The van der Waals surface area contributed by atoms with Crippen LogP contribution in [0.3, 0.4) is 0 Å². The van der Waals surface area contributed by atoms with Gasteiger partial charge in [-0.15, -0.1) is 0 Å². The lowest BCUT2D eigenvalue weighted by Crippen LogP contribution is -2.53. The minimum Gasteiger partial charge on any atom is -0.380 e. The number of aliphatic hydroxyl groups is 1. The first-order valence-electron chi connectivity index (χ1n) is 9.27. The van der Waals surface area contributed by atoms with Crippen molar-refractivity contribution in [1.29, 1.82) is 0 Å². The fourth-order valence-electron chi connectivity index (χ4n) is 3.42. The molecule has 1 aromatic carbocycles. The van der Waals surface area contributed by atoms with Crippen LogP contribution in [0.5, 0.6) is 0 Å². The molecular weight excluding hydrogens is 432 g/mol. The van der Waals surface area contributed by atoms with Gasteiger partial charge in [-0.05, 0) is 25.0 Å². The Morgan fingerprint density at radius 2 is 1.59 bits per heavy atom. The number of aromatic nitrogens is 2. The van der Waals surface area contributed by atoms with E-state index in [1.807, 2.05) is 12.1 Å². The lowest BCUT2D eigenvalue weighted by atomic mass is 10.1. The van der Waals surface area contributed by atoms with Crippen LogP contribution in [0.15, 0.2) is 24.3 Å². The molecule has 3 heterocycles. The molecular formula is C19H17ClN4O3S2. The average molecular weight is 449 g/mol. The molecule has 0 radical (unpaired) electrons. The fourth-order valence-corrected chi connectivity index (χ4v) is 5.55. The number of amides is 2. The molecule has 2 aliphatic rings. The van der Waals surface area contributed by atoms with Crippen molar-refractivity contribution < 1.29 is 14.7 Å². The van der Waals surface area contributed by atoms with Gasteiger partial charge in [0, 0.05) is 37.3 Å². The van der Waals surface area contributed by atoms with E-state index in [0.29, 0.717) is 49.1 Å². The molecule has 5 rings (SSSR count). The highest BCUT2D eigenvalue weighted by atomic mass is 35.5.